The Morgan fingerprint density at radius 3 is 2.71 bits per heavy atom. The zero-order valence-corrected chi connectivity index (χ0v) is 11.0. The SMILES string of the molecule is CC1[C@H]2C3CC4CC12C[C@](NS(N)(=O)=O)(C4)C3. The summed E-state index contributed by atoms with van der Waals surface area (Å²) in [6.45, 7) is 2.36. The topological polar surface area (TPSA) is 72.2 Å². The summed E-state index contributed by atoms with van der Waals surface area (Å²) >= 11 is 0. The van der Waals surface area contributed by atoms with Crippen molar-refractivity contribution < 1.29 is 8.42 Å². The maximum absolute atomic E-state index is 11.4. The second-order valence-electron chi connectivity index (χ2n) is 7.13. The Morgan fingerprint density at radius 1 is 1.29 bits per heavy atom. The lowest BCUT2D eigenvalue weighted by molar-refractivity contribution is -0.0163. The van der Waals surface area contributed by atoms with Crippen molar-refractivity contribution in [2.45, 2.75) is 44.6 Å². The van der Waals surface area contributed by atoms with Crippen molar-refractivity contribution >= 4 is 10.2 Å². The van der Waals surface area contributed by atoms with E-state index in [1.165, 1.54) is 12.8 Å². The lowest BCUT2D eigenvalue weighted by Gasteiger charge is -2.56. The molecule has 0 aromatic carbocycles. The third-order valence-electron chi connectivity index (χ3n) is 6.17. The lowest BCUT2D eigenvalue weighted by Crippen LogP contribution is -2.61. The third kappa shape index (κ3) is 1.28. The molecule has 6 atom stereocenters. The number of hydrogen-bond acceptors (Lipinski definition) is 2. The van der Waals surface area contributed by atoms with Crippen molar-refractivity contribution in [1.82, 2.24) is 4.72 Å². The Balaban J connectivity index is 1.72. The quantitative estimate of drug-likeness (QED) is 0.773. The molecule has 5 heteroatoms. The van der Waals surface area contributed by atoms with E-state index in [4.69, 9.17) is 5.14 Å². The summed E-state index contributed by atoms with van der Waals surface area (Å²) in [5.41, 5.74) is 0.280. The fraction of sp³-hybridized carbons (Fsp3) is 1.00. The maximum atomic E-state index is 11.4. The number of hydrogen-bond donors (Lipinski definition) is 2. The standard InChI is InChI=1S/C12H20N2O2S/c1-7-10-9-2-8-3-11(5-9,14-17(13,15)16)6-12(7,10)4-8/h7-10,14H,2-6H2,1H3,(H2,13,15,16)/t7?,8?,9?,10-,11-,12?/m0/s1. The van der Waals surface area contributed by atoms with Crippen LogP contribution in [-0.2, 0) is 10.2 Å². The molecular formula is C12H20N2O2S. The molecule has 96 valence electrons. The van der Waals surface area contributed by atoms with Crippen LogP contribution in [-0.4, -0.2) is 14.0 Å². The van der Waals surface area contributed by atoms with Gasteiger partial charge < -0.3 is 0 Å². The van der Waals surface area contributed by atoms with E-state index in [1.807, 2.05) is 0 Å². The van der Waals surface area contributed by atoms with Crippen molar-refractivity contribution in [3.63, 3.8) is 0 Å². The molecule has 3 N–H and O–H groups in total. The highest BCUT2D eigenvalue weighted by Crippen LogP contribution is 2.79. The van der Waals surface area contributed by atoms with Crippen LogP contribution in [0.1, 0.15) is 39.0 Å². The first-order valence-corrected chi connectivity index (χ1v) is 8.20. The molecule has 5 fully saturated rings. The van der Waals surface area contributed by atoms with Crippen LogP contribution in [0.4, 0.5) is 0 Å². The predicted octanol–water partition coefficient (Wildman–Crippen LogP) is 0.994. The minimum absolute atomic E-state index is 0.194. The van der Waals surface area contributed by atoms with Gasteiger partial charge in [0.1, 0.15) is 0 Å². The van der Waals surface area contributed by atoms with Gasteiger partial charge >= 0.3 is 0 Å². The zero-order valence-electron chi connectivity index (χ0n) is 10.1. The third-order valence-corrected chi connectivity index (χ3v) is 6.89. The monoisotopic (exact) mass is 256 g/mol. The molecular weight excluding hydrogens is 236 g/mol. The summed E-state index contributed by atoms with van der Waals surface area (Å²) in [5.74, 6) is 3.18. The Morgan fingerprint density at radius 2 is 2.06 bits per heavy atom. The van der Waals surface area contributed by atoms with Gasteiger partial charge in [-0.15, -0.1) is 0 Å². The van der Waals surface area contributed by atoms with E-state index >= 15 is 0 Å². The molecule has 1 spiro atoms. The molecule has 0 amide bonds. The van der Waals surface area contributed by atoms with E-state index in [0.29, 0.717) is 5.41 Å². The van der Waals surface area contributed by atoms with E-state index in [2.05, 4.69) is 11.6 Å². The fourth-order valence-corrected chi connectivity index (χ4v) is 7.03. The first-order valence-electron chi connectivity index (χ1n) is 6.65. The molecule has 0 aromatic heterocycles. The van der Waals surface area contributed by atoms with Crippen LogP contribution >= 0.6 is 0 Å². The highest BCUT2D eigenvalue weighted by atomic mass is 32.2. The molecule has 0 radical (unpaired) electrons. The summed E-state index contributed by atoms with van der Waals surface area (Å²) in [7, 11) is -3.56. The van der Waals surface area contributed by atoms with Gasteiger partial charge in [-0.25, -0.2) is 5.14 Å². The molecule has 0 aromatic rings. The Kier molecular flexibility index (Phi) is 1.73. The molecule has 5 aliphatic carbocycles. The number of rotatable bonds is 2. The average Bonchev–Trinajstić information content (AvgIpc) is 2.64. The first kappa shape index (κ1) is 10.8. The van der Waals surface area contributed by atoms with Gasteiger partial charge in [-0.2, -0.15) is 13.1 Å². The second kappa shape index (κ2) is 2.73. The van der Waals surface area contributed by atoms with Crippen LogP contribution in [0.15, 0.2) is 0 Å². The van der Waals surface area contributed by atoms with Crippen LogP contribution in [0.25, 0.3) is 0 Å². The summed E-state index contributed by atoms with van der Waals surface area (Å²) in [6.07, 6.45) is 5.74. The van der Waals surface area contributed by atoms with Gasteiger partial charge in [-0.1, -0.05) is 6.92 Å². The molecule has 4 nitrogen and oxygen atoms in total. The molecule has 0 aliphatic heterocycles. The van der Waals surface area contributed by atoms with Crippen molar-refractivity contribution in [2.24, 2.45) is 34.2 Å². The molecule has 5 aliphatic rings. The fourth-order valence-electron chi connectivity index (χ4n) is 6.18. The predicted molar refractivity (Wildman–Crippen MR) is 64.1 cm³/mol. The minimum Gasteiger partial charge on any atom is -0.216 e. The van der Waals surface area contributed by atoms with E-state index in [1.54, 1.807) is 0 Å². The Bertz CT molecular complexity index is 491. The van der Waals surface area contributed by atoms with Gasteiger partial charge in [0.2, 0.25) is 0 Å². The Hall–Kier alpha value is -0.130. The molecule has 4 bridgehead atoms. The summed E-state index contributed by atoms with van der Waals surface area (Å²) in [6, 6.07) is 0. The minimum atomic E-state index is -3.56. The van der Waals surface area contributed by atoms with Crippen LogP contribution in [0.2, 0.25) is 0 Å². The van der Waals surface area contributed by atoms with Crippen LogP contribution in [0, 0.1) is 29.1 Å². The van der Waals surface area contributed by atoms with Gasteiger partial charge in [0.05, 0.1) is 0 Å². The van der Waals surface area contributed by atoms with Gasteiger partial charge in [0, 0.05) is 5.54 Å². The average molecular weight is 256 g/mol. The second-order valence-corrected chi connectivity index (χ2v) is 8.42. The van der Waals surface area contributed by atoms with Crippen LogP contribution < -0.4 is 9.86 Å². The van der Waals surface area contributed by atoms with Gasteiger partial charge in [-0.05, 0) is 61.2 Å². The summed E-state index contributed by atoms with van der Waals surface area (Å²) < 4.78 is 25.6. The molecule has 5 saturated carbocycles. The molecule has 0 heterocycles. The summed E-state index contributed by atoms with van der Waals surface area (Å²) in [5, 5.41) is 5.21. The molecule has 5 rings (SSSR count). The highest BCUT2D eigenvalue weighted by Gasteiger charge is 2.74. The van der Waals surface area contributed by atoms with Crippen LogP contribution in [0.5, 0.6) is 0 Å². The number of nitrogens with one attached hydrogen (secondary N) is 1. The zero-order chi connectivity index (χ0) is 12.1. The smallest absolute Gasteiger partial charge is 0.216 e. The van der Waals surface area contributed by atoms with Gasteiger partial charge in [-0.3, -0.25) is 0 Å². The first-order chi connectivity index (χ1) is 7.84. The lowest BCUT2D eigenvalue weighted by atomic mass is 9.53. The van der Waals surface area contributed by atoms with Crippen molar-refractivity contribution in [1.29, 1.82) is 0 Å². The van der Waals surface area contributed by atoms with Gasteiger partial charge in [0.15, 0.2) is 0 Å². The van der Waals surface area contributed by atoms with E-state index in [-0.39, 0.29) is 5.54 Å². The molecule has 17 heavy (non-hydrogen) atoms. The number of nitrogens with two attached hydrogens (primary N) is 1. The molecule has 4 unspecified atom stereocenters. The van der Waals surface area contributed by atoms with Gasteiger partial charge in [0.25, 0.3) is 10.2 Å². The maximum Gasteiger partial charge on any atom is 0.274 e. The highest BCUT2D eigenvalue weighted by molar-refractivity contribution is 7.87. The van der Waals surface area contributed by atoms with E-state index in [9.17, 15) is 8.42 Å². The van der Waals surface area contributed by atoms with Crippen molar-refractivity contribution in [2.75, 3.05) is 0 Å². The molecule has 0 saturated heterocycles. The van der Waals surface area contributed by atoms with Crippen molar-refractivity contribution in [3.05, 3.63) is 0 Å². The summed E-state index contributed by atoms with van der Waals surface area (Å²) in [4.78, 5) is 0. The Labute approximate surface area is 103 Å². The largest absolute Gasteiger partial charge is 0.274 e. The van der Waals surface area contributed by atoms with E-state index in [0.717, 1.165) is 42.9 Å². The van der Waals surface area contributed by atoms with E-state index < -0.39 is 10.2 Å². The normalized spacial score (nSPS) is 59.2. The van der Waals surface area contributed by atoms with Crippen molar-refractivity contribution in [3.8, 4) is 0 Å². The van der Waals surface area contributed by atoms with Crippen LogP contribution in [0.3, 0.4) is 0 Å².